The fourth-order valence-electron chi connectivity index (χ4n) is 0.703. The zero-order valence-electron chi connectivity index (χ0n) is 12.3. The Morgan fingerprint density at radius 2 is 1.28 bits per heavy atom. The summed E-state index contributed by atoms with van der Waals surface area (Å²) in [6.45, 7) is 22.2. The molecule has 0 aliphatic heterocycles. The number of hydrogen-bond donors (Lipinski definition) is 0. The molecule has 0 aliphatic rings. The van der Waals surface area contributed by atoms with Gasteiger partial charge in [0, 0.05) is 0 Å². The Balaban J connectivity index is 0. The van der Waals surface area contributed by atoms with Crippen LogP contribution >= 0.6 is 0 Å². The minimum Gasteiger partial charge on any atom is -0.100 e. The van der Waals surface area contributed by atoms with Gasteiger partial charge in [0.1, 0.15) is 0 Å². The quantitative estimate of drug-likeness (QED) is 0.443. The third-order valence-electron chi connectivity index (χ3n) is 1.66. The largest absolute Gasteiger partial charge is 0.100 e. The SMILES string of the molecule is C=C(C)C.C=CC(=C)C.C=Cc1ccc(C)cc1. The molecule has 98 valence electrons. The van der Waals surface area contributed by atoms with Gasteiger partial charge in [-0.15, -0.1) is 6.58 Å². The van der Waals surface area contributed by atoms with Gasteiger partial charge in [0.25, 0.3) is 0 Å². The lowest BCUT2D eigenvalue weighted by atomic mass is 10.2. The Bertz CT molecular complexity index is 373. The molecule has 0 heteroatoms. The minimum absolute atomic E-state index is 1.02. The fraction of sp³-hybridized carbons (Fsp3) is 0.222. The lowest BCUT2D eigenvalue weighted by molar-refractivity contribution is 1.42. The van der Waals surface area contributed by atoms with Gasteiger partial charge >= 0.3 is 0 Å². The Kier molecular flexibility index (Phi) is 12.0. The summed E-state index contributed by atoms with van der Waals surface area (Å²) >= 11 is 0. The summed E-state index contributed by atoms with van der Waals surface area (Å²) in [4.78, 5) is 0. The first-order chi connectivity index (χ1) is 8.33. The molecule has 0 unspecified atom stereocenters. The van der Waals surface area contributed by atoms with Crippen LogP contribution in [0.25, 0.3) is 6.08 Å². The first-order valence-electron chi connectivity index (χ1n) is 5.92. The van der Waals surface area contributed by atoms with Gasteiger partial charge in [0.15, 0.2) is 0 Å². The number of allylic oxidation sites excluding steroid dienone is 3. The highest BCUT2D eigenvalue weighted by molar-refractivity contribution is 5.46. The molecule has 0 spiro atoms. The monoisotopic (exact) mass is 242 g/mol. The standard InChI is InChI=1S/C9H10.C5H8.C4H8/c1-3-9-6-4-8(2)5-7-9;1-4-5(2)3;1-4(2)3/h3-7H,1H2,2H3;4H,1-2H2,3H3;1H2,2-3H3. The predicted octanol–water partition coefficient (Wildman–Crippen LogP) is 5.97. The van der Waals surface area contributed by atoms with Crippen LogP contribution < -0.4 is 0 Å². The van der Waals surface area contributed by atoms with E-state index in [2.05, 4.69) is 57.5 Å². The molecule has 1 rings (SSSR count). The first-order valence-corrected chi connectivity index (χ1v) is 5.92. The molecule has 0 radical (unpaired) electrons. The third kappa shape index (κ3) is 16.6. The van der Waals surface area contributed by atoms with Crippen LogP contribution in [-0.2, 0) is 0 Å². The Hall–Kier alpha value is -1.82. The maximum Gasteiger partial charge on any atom is -0.0262 e. The van der Waals surface area contributed by atoms with E-state index in [0.717, 1.165) is 5.57 Å². The van der Waals surface area contributed by atoms with Crippen LogP contribution in [-0.4, -0.2) is 0 Å². The van der Waals surface area contributed by atoms with Gasteiger partial charge in [-0.2, -0.15) is 0 Å². The molecule has 1 aromatic rings. The minimum atomic E-state index is 1.02. The second-order valence-corrected chi connectivity index (χ2v) is 4.37. The topological polar surface area (TPSA) is 0 Å². The molecule has 1 aromatic carbocycles. The van der Waals surface area contributed by atoms with Crippen molar-refractivity contribution in [2.75, 3.05) is 0 Å². The molecule has 0 heterocycles. The van der Waals surface area contributed by atoms with Crippen molar-refractivity contribution in [2.24, 2.45) is 0 Å². The maximum absolute atomic E-state index is 3.66. The number of benzene rings is 1. The van der Waals surface area contributed by atoms with Crippen LogP contribution in [0.1, 0.15) is 31.9 Å². The van der Waals surface area contributed by atoms with Crippen molar-refractivity contribution >= 4 is 6.08 Å². The lowest BCUT2D eigenvalue weighted by Gasteiger charge is -1.91. The summed E-state index contributed by atoms with van der Waals surface area (Å²) in [6.07, 6.45) is 3.57. The molecule has 0 atom stereocenters. The molecule has 0 aromatic heterocycles. The van der Waals surface area contributed by atoms with Crippen LogP contribution in [0.5, 0.6) is 0 Å². The second-order valence-electron chi connectivity index (χ2n) is 4.37. The van der Waals surface area contributed by atoms with E-state index >= 15 is 0 Å². The molecule has 0 amide bonds. The summed E-state index contributed by atoms with van der Waals surface area (Å²) in [7, 11) is 0. The van der Waals surface area contributed by atoms with E-state index < -0.39 is 0 Å². The van der Waals surface area contributed by atoms with E-state index in [1.807, 2.05) is 26.8 Å². The molecule has 0 bridgehead atoms. The van der Waals surface area contributed by atoms with Gasteiger partial charge in [-0.25, -0.2) is 0 Å². The summed E-state index contributed by atoms with van der Waals surface area (Å²) in [5.74, 6) is 0. The van der Waals surface area contributed by atoms with Gasteiger partial charge in [-0.3, -0.25) is 0 Å². The van der Waals surface area contributed by atoms with Crippen molar-refractivity contribution in [2.45, 2.75) is 27.7 Å². The van der Waals surface area contributed by atoms with Crippen LogP contribution in [0, 0.1) is 6.92 Å². The van der Waals surface area contributed by atoms with Gasteiger partial charge in [0.2, 0.25) is 0 Å². The molecule has 18 heavy (non-hydrogen) atoms. The summed E-state index contributed by atoms with van der Waals surface area (Å²) < 4.78 is 0. The van der Waals surface area contributed by atoms with Crippen LogP contribution in [0.15, 0.2) is 67.8 Å². The van der Waals surface area contributed by atoms with E-state index in [0.29, 0.717) is 0 Å². The van der Waals surface area contributed by atoms with Crippen molar-refractivity contribution in [3.05, 3.63) is 78.9 Å². The average Bonchev–Trinajstić information content (AvgIpc) is 2.30. The van der Waals surface area contributed by atoms with Crippen LogP contribution in [0.2, 0.25) is 0 Å². The van der Waals surface area contributed by atoms with E-state index in [-0.39, 0.29) is 0 Å². The van der Waals surface area contributed by atoms with E-state index in [1.54, 1.807) is 6.08 Å². The zero-order chi connectivity index (χ0) is 14.6. The summed E-state index contributed by atoms with van der Waals surface area (Å²) in [5, 5.41) is 0. The summed E-state index contributed by atoms with van der Waals surface area (Å²) in [5.41, 5.74) is 4.66. The molecular weight excluding hydrogens is 216 g/mol. The smallest absolute Gasteiger partial charge is 0.0262 e. The van der Waals surface area contributed by atoms with Crippen LogP contribution in [0.4, 0.5) is 0 Å². The molecule has 0 aliphatic carbocycles. The molecule has 0 fully saturated rings. The Morgan fingerprint density at radius 1 is 0.944 bits per heavy atom. The van der Waals surface area contributed by atoms with Gasteiger partial charge < -0.3 is 0 Å². The predicted molar refractivity (Wildman–Crippen MR) is 86.8 cm³/mol. The molecule has 0 saturated carbocycles. The highest BCUT2D eigenvalue weighted by Gasteiger charge is 1.82. The fourth-order valence-corrected chi connectivity index (χ4v) is 0.703. The number of aryl methyl sites for hydroxylation is 1. The third-order valence-corrected chi connectivity index (χ3v) is 1.66. The zero-order valence-corrected chi connectivity index (χ0v) is 12.3. The normalized spacial score (nSPS) is 7.78. The lowest BCUT2D eigenvalue weighted by Crippen LogP contribution is -1.71. The maximum atomic E-state index is 3.66. The summed E-state index contributed by atoms with van der Waals surface area (Å²) in [6, 6.07) is 8.28. The molecule has 0 nitrogen and oxygen atoms in total. The Morgan fingerprint density at radius 3 is 1.50 bits per heavy atom. The van der Waals surface area contributed by atoms with Crippen molar-refractivity contribution in [3.8, 4) is 0 Å². The van der Waals surface area contributed by atoms with Gasteiger partial charge in [-0.05, 0) is 33.3 Å². The second kappa shape index (κ2) is 11.7. The van der Waals surface area contributed by atoms with E-state index in [1.165, 1.54) is 16.7 Å². The highest BCUT2D eigenvalue weighted by atomic mass is 13.9. The highest BCUT2D eigenvalue weighted by Crippen LogP contribution is 2.02. The first kappa shape index (κ1) is 18.5. The van der Waals surface area contributed by atoms with Crippen molar-refractivity contribution in [3.63, 3.8) is 0 Å². The molecule has 0 N–H and O–H groups in total. The van der Waals surface area contributed by atoms with E-state index in [4.69, 9.17) is 0 Å². The number of hydrogen-bond acceptors (Lipinski definition) is 0. The average molecular weight is 242 g/mol. The Labute approximate surface area is 113 Å². The molecule has 0 saturated heterocycles. The van der Waals surface area contributed by atoms with Crippen molar-refractivity contribution < 1.29 is 0 Å². The van der Waals surface area contributed by atoms with Crippen LogP contribution in [0.3, 0.4) is 0 Å². The molecular formula is C18H26. The number of rotatable bonds is 2. The van der Waals surface area contributed by atoms with Gasteiger partial charge in [-0.1, -0.05) is 72.9 Å². The van der Waals surface area contributed by atoms with E-state index in [9.17, 15) is 0 Å². The van der Waals surface area contributed by atoms with Crippen molar-refractivity contribution in [1.82, 2.24) is 0 Å². The van der Waals surface area contributed by atoms with Gasteiger partial charge in [0.05, 0.1) is 0 Å². The van der Waals surface area contributed by atoms with Crippen molar-refractivity contribution in [1.29, 1.82) is 0 Å².